The van der Waals surface area contributed by atoms with Crippen LogP contribution in [0.1, 0.15) is 43.2 Å². The van der Waals surface area contributed by atoms with Crippen LogP contribution in [0.4, 0.5) is 11.4 Å². The largest absolute Gasteiger partial charge is 0.372 e. The number of hydrogen-bond donors (Lipinski definition) is 1. The molecular formula is C26H31ClN4S2. The lowest BCUT2D eigenvalue weighted by Crippen LogP contribution is -2.40. The van der Waals surface area contributed by atoms with Crippen LogP contribution < -0.4 is 10.2 Å². The second-order valence-corrected chi connectivity index (χ2v) is 10.1. The van der Waals surface area contributed by atoms with Crippen LogP contribution in [0.15, 0.2) is 47.8 Å². The summed E-state index contributed by atoms with van der Waals surface area (Å²) in [5.74, 6) is 0.487. The van der Waals surface area contributed by atoms with Crippen LogP contribution in [-0.2, 0) is 0 Å². The summed E-state index contributed by atoms with van der Waals surface area (Å²) in [5, 5.41) is 8.19. The quantitative estimate of drug-likeness (QED) is 0.363. The zero-order chi connectivity index (χ0) is 23.4. The zero-order valence-electron chi connectivity index (χ0n) is 19.5. The highest BCUT2D eigenvalue weighted by atomic mass is 35.5. The molecule has 1 aromatic heterocycles. The van der Waals surface area contributed by atoms with E-state index in [-0.39, 0.29) is 0 Å². The lowest BCUT2D eigenvalue weighted by atomic mass is 9.98. The van der Waals surface area contributed by atoms with Gasteiger partial charge < -0.3 is 15.1 Å². The molecule has 33 heavy (non-hydrogen) atoms. The normalized spacial score (nSPS) is 14.4. The standard InChI is InChI=1S/C26H31ClN4S2/c1-4-30(5-2)21-9-7-19(8-10-21)24-17-33-25(28-24)20-12-14-31(15-13-20)26(32)29-23-11-6-18(3)16-22(23)27/h6-11,16-17,20H,4-5,12-15H2,1-3H3,(H,29,32). The van der Waals surface area contributed by atoms with E-state index in [1.807, 2.05) is 25.1 Å². The summed E-state index contributed by atoms with van der Waals surface area (Å²) in [6.07, 6.45) is 2.11. The molecule has 2 heterocycles. The molecule has 0 radical (unpaired) electrons. The highest BCUT2D eigenvalue weighted by Gasteiger charge is 2.24. The lowest BCUT2D eigenvalue weighted by molar-refractivity contribution is 0.316. The van der Waals surface area contributed by atoms with Crippen molar-refractivity contribution in [3.8, 4) is 11.3 Å². The summed E-state index contributed by atoms with van der Waals surface area (Å²) < 4.78 is 0. The van der Waals surface area contributed by atoms with Gasteiger partial charge in [-0.25, -0.2) is 4.98 Å². The maximum Gasteiger partial charge on any atom is 0.173 e. The van der Waals surface area contributed by atoms with Crippen LogP contribution in [0.2, 0.25) is 5.02 Å². The number of thiazole rings is 1. The van der Waals surface area contributed by atoms with Crippen molar-refractivity contribution in [3.63, 3.8) is 0 Å². The van der Waals surface area contributed by atoms with Gasteiger partial charge in [-0.3, -0.25) is 0 Å². The number of rotatable bonds is 6. The molecule has 1 N–H and O–H groups in total. The van der Waals surface area contributed by atoms with Crippen molar-refractivity contribution in [2.45, 2.75) is 39.5 Å². The molecule has 2 aromatic carbocycles. The molecule has 0 bridgehead atoms. The van der Waals surface area contributed by atoms with E-state index in [9.17, 15) is 0 Å². The summed E-state index contributed by atoms with van der Waals surface area (Å²) >= 11 is 13.8. The number of likely N-dealkylation sites (tertiary alicyclic amines) is 1. The summed E-state index contributed by atoms with van der Waals surface area (Å²) in [6, 6.07) is 14.8. The topological polar surface area (TPSA) is 31.4 Å². The number of piperidine rings is 1. The molecule has 0 amide bonds. The van der Waals surface area contributed by atoms with Gasteiger partial charge in [0.2, 0.25) is 0 Å². The third-order valence-corrected chi connectivity index (χ3v) is 7.99. The fourth-order valence-electron chi connectivity index (χ4n) is 4.28. The van der Waals surface area contributed by atoms with Gasteiger partial charge in [0.1, 0.15) is 0 Å². The first-order chi connectivity index (χ1) is 16.0. The Kier molecular flexibility index (Phi) is 7.89. The number of aromatic nitrogens is 1. The summed E-state index contributed by atoms with van der Waals surface area (Å²) in [5.41, 5.74) is 5.54. The summed E-state index contributed by atoms with van der Waals surface area (Å²) in [6.45, 7) is 10.3. The van der Waals surface area contributed by atoms with E-state index in [0.717, 1.165) is 61.1 Å². The second-order valence-electron chi connectivity index (χ2n) is 8.46. The predicted molar refractivity (Wildman–Crippen MR) is 147 cm³/mol. The van der Waals surface area contributed by atoms with Crippen molar-refractivity contribution < 1.29 is 0 Å². The van der Waals surface area contributed by atoms with E-state index >= 15 is 0 Å². The molecule has 1 aliphatic heterocycles. The molecular weight excluding hydrogens is 468 g/mol. The maximum atomic E-state index is 6.36. The molecule has 0 atom stereocenters. The second kappa shape index (κ2) is 10.9. The van der Waals surface area contributed by atoms with Gasteiger partial charge in [0.05, 0.1) is 21.4 Å². The monoisotopic (exact) mass is 498 g/mol. The van der Waals surface area contributed by atoms with Crippen LogP contribution in [0, 0.1) is 6.92 Å². The Morgan fingerprint density at radius 3 is 2.48 bits per heavy atom. The Bertz CT molecular complexity index is 1080. The average Bonchev–Trinajstić information content (AvgIpc) is 3.32. The van der Waals surface area contributed by atoms with Gasteiger partial charge in [-0.05, 0) is 75.7 Å². The Morgan fingerprint density at radius 1 is 1.15 bits per heavy atom. The number of anilines is 2. The molecule has 1 aliphatic rings. The SMILES string of the molecule is CCN(CC)c1ccc(-c2csc(C3CCN(C(=S)Nc4ccc(C)cc4Cl)CC3)n2)cc1. The van der Waals surface area contributed by atoms with Crippen molar-refractivity contribution in [2.24, 2.45) is 0 Å². The van der Waals surface area contributed by atoms with Crippen molar-refractivity contribution >= 4 is 51.6 Å². The van der Waals surface area contributed by atoms with Crippen LogP contribution >= 0.6 is 35.2 Å². The van der Waals surface area contributed by atoms with Gasteiger partial charge in [-0.2, -0.15) is 0 Å². The van der Waals surface area contributed by atoms with Gasteiger partial charge in [0.15, 0.2) is 5.11 Å². The first-order valence-corrected chi connectivity index (χ1v) is 13.3. The van der Waals surface area contributed by atoms with E-state index in [4.69, 9.17) is 28.8 Å². The Morgan fingerprint density at radius 2 is 1.85 bits per heavy atom. The summed E-state index contributed by atoms with van der Waals surface area (Å²) in [4.78, 5) is 9.59. The van der Waals surface area contributed by atoms with Gasteiger partial charge in [0.25, 0.3) is 0 Å². The number of benzene rings is 2. The molecule has 174 valence electrons. The van der Waals surface area contributed by atoms with Crippen molar-refractivity contribution in [1.29, 1.82) is 0 Å². The summed E-state index contributed by atoms with van der Waals surface area (Å²) in [7, 11) is 0. The third-order valence-electron chi connectivity index (χ3n) is 6.31. The number of hydrogen-bond acceptors (Lipinski definition) is 4. The number of aryl methyl sites for hydroxylation is 1. The van der Waals surface area contributed by atoms with Gasteiger partial charge in [0, 0.05) is 48.7 Å². The molecule has 7 heteroatoms. The van der Waals surface area contributed by atoms with E-state index in [2.05, 4.69) is 58.6 Å². The van der Waals surface area contributed by atoms with Crippen LogP contribution in [0.25, 0.3) is 11.3 Å². The highest BCUT2D eigenvalue weighted by molar-refractivity contribution is 7.80. The molecule has 0 aliphatic carbocycles. The number of nitrogens with one attached hydrogen (secondary N) is 1. The minimum Gasteiger partial charge on any atom is -0.372 e. The fraction of sp³-hybridized carbons (Fsp3) is 0.385. The van der Waals surface area contributed by atoms with Crippen LogP contribution in [0.5, 0.6) is 0 Å². The number of thiocarbonyl (C=S) groups is 1. The average molecular weight is 499 g/mol. The highest BCUT2D eigenvalue weighted by Crippen LogP contribution is 2.34. The van der Waals surface area contributed by atoms with Gasteiger partial charge >= 0.3 is 0 Å². The maximum absolute atomic E-state index is 6.36. The minimum absolute atomic E-state index is 0.487. The Hall–Kier alpha value is -2.15. The molecule has 3 aromatic rings. The van der Waals surface area contributed by atoms with Gasteiger partial charge in [-0.1, -0.05) is 29.8 Å². The lowest BCUT2D eigenvalue weighted by Gasteiger charge is -2.33. The van der Waals surface area contributed by atoms with Gasteiger partial charge in [-0.15, -0.1) is 11.3 Å². The van der Waals surface area contributed by atoms with E-state index in [1.54, 1.807) is 11.3 Å². The molecule has 0 saturated carbocycles. The molecule has 1 fully saturated rings. The van der Waals surface area contributed by atoms with Crippen molar-refractivity contribution in [3.05, 3.63) is 63.4 Å². The Balaban J connectivity index is 1.34. The van der Waals surface area contributed by atoms with E-state index < -0.39 is 0 Å². The third kappa shape index (κ3) is 5.68. The first kappa shape index (κ1) is 24.0. The smallest absolute Gasteiger partial charge is 0.173 e. The Labute approximate surface area is 211 Å². The zero-order valence-corrected chi connectivity index (χ0v) is 21.9. The van der Waals surface area contributed by atoms with Crippen LogP contribution in [0.3, 0.4) is 0 Å². The molecule has 1 saturated heterocycles. The molecule has 0 spiro atoms. The van der Waals surface area contributed by atoms with E-state index in [1.165, 1.54) is 16.3 Å². The van der Waals surface area contributed by atoms with E-state index in [0.29, 0.717) is 10.9 Å². The van der Waals surface area contributed by atoms with Crippen molar-refractivity contribution in [2.75, 3.05) is 36.4 Å². The molecule has 0 unspecified atom stereocenters. The minimum atomic E-state index is 0.487. The van der Waals surface area contributed by atoms with Crippen molar-refractivity contribution in [1.82, 2.24) is 9.88 Å². The first-order valence-electron chi connectivity index (χ1n) is 11.6. The fourth-order valence-corrected chi connectivity index (χ4v) is 5.86. The molecule has 4 nitrogen and oxygen atoms in total. The molecule has 4 rings (SSSR count). The predicted octanol–water partition coefficient (Wildman–Crippen LogP) is 7.19. The number of nitrogens with zero attached hydrogens (tertiary/aromatic N) is 3. The number of halogens is 1. The van der Waals surface area contributed by atoms with Crippen LogP contribution in [-0.4, -0.2) is 41.2 Å².